The first-order valence-electron chi connectivity index (χ1n) is 4.57. The Balaban J connectivity index is 2.95. The van der Waals surface area contributed by atoms with Crippen molar-refractivity contribution in [2.45, 2.75) is 6.92 Å². The summed E-state index contributed by atoms with van der Waals surface area (Å²) in [5.41, 5.74) is 0.452. The Labute approximate surface area is 92.6 Å². The van der Waals surface area contributed by atoms with Gasteiger partial charge in [0, 0.05) is 19.5 Å². The zero-order valence-electron chi connectivity index (χ0n) is 8.97. The van der Waals surface area contributed by atoms with Gasteiger partial charge in [-0.1, -0.05) is 18.2 Å². The highest BCUT2D eigenvalue weighted by molar-refractivity contribution is 6.01. The fourth-order valence-electron chi connectivity index (χ4n) is 1.20. The lowest BCUT2D eigenvalue weighted by molar-refractivity contribution is -0.170. The zero-order valence-corrected chi connectivity index (χ0v) is 8.97. The number of carbonyl (C=O) groups excluding carboxylic acids is 3. The first-order valence-corrected chi connectivity index (χ1v) is 4.57. The van der Waals surface area contributed by atoms with Crippen molar-refractivity contribution in [1.82, 2.24) is 5.06 Å². The molecular formula is C11H11NO4. The Kier molecular flexibility index (Phi) is 3.77. The summed E-state index contributed by atoms with van der Waals surface area (Å²) in [4.78, 5) is 37.7. The third-order valence-corrected chi connectivity index (χ3v) is 1.87. The predicted octanol–water partition coefficient (Wildman–Crippen LogP) is 1.05. The minimum Gasteiger partial charge on any atom is -0.338 e. The van der Waals surface area contributed by atoms with E-state index in [1.54, 1.807) is 12.1 Å². The molecule has 0 radical (unpaired) electrons. The maximum Gasteiger partial charge on any atom is 0.329 e. The number of aldehydes is 1. The molecule has 0 aliphatic heterocycles. The first kappa shape index (κ1) is 11.9. The second kappa shape index (κ2) is 5.06. The van der Waals surface area contributed by atoms with E-state index in [9.17, 15) is 14.4 Å². The molecule has 0 saturated carbocycles. The van der Waals surface area contributed by atoms with Gasteiger partial charge in [0.25, 0.3) is 5.91 Å². The smallest absolute Gasteiger partial charge is 0.329 e. The third kappa shape index (κ3) is 2.66. The SMILES string of the molecule is CC(=O)ON(C)C(=O)c1ccccc1C=O. The molecule has 0 aliphatic rings. The Morgan fingerprint density at radius 2 is 1.94 bits per heavy atom. The van der Waals surface area contributed by atoms with Crippen LogP contribution < -0.4 is 0 Å². The molecule has 0 bridgehead atoms. The molecule has 0 N–H and O–H groups in total. The quantitative estimate of drug-likeness (QED) is 0.553. The molecule has 0 saturated heterocycles. The van der Waals surface area contributed by atoms with Gasteiger partial charge < -0.3 is 4.84 Å². The molecule has 84 valence electrons. The molecule has 0 spiro atoms. The monoisotopic (exact) mass is 221 g/mol. The molecule has 1 aromatic carbocycles. The van der Waals surface area contributed by atoms with Gasteiger partial charge in [-0.05, 0) is 6.07 Å². The Hall–Kier alpha value is -2.17. The van der Waals surface area contributed by atoms with Gasteiger partial charge in [-0.15, -0.1) is 0 Å². The lowest BCUT2D eigenvalue weighted by Crippen LogP contribution is -2.29. The maximum atomic E-state index is 11.7. The van der Waals surface area contributed by atoms with Crippen molar-refractivity contribution in [2.75, 3.05) is 7.05 Å². The summed E-state index contributed by atoms with van der Waals surface area (Å²) in [6.07, 6.45) is 0.578. The third-order valence-electron chi connectivity index (χ3n) is 1.87. The van der Waals surface area contributed by atoms with E-state index >= 15 is 0 Å². The van der Waals surface area contributed by atoms with Gasteiger partial charge in [-0.2, -0.15) is 5.06 Å². The summed E-state index contributed by atoms with van der Waals surface area (Å²) >= 11 is 0. The standard InChI is InChI=1S/C11H11NO4/c1-8(14)16-12(2)11(15)10-6-4-3-5-9(10)7-13/h3-7H,1-2H3. The van der Waals surface area contributed by atoms with Crippen LogP contribution in [0.4, 0.5) is 0 Å². The van der Waals surface area contributed by atoms with Gasteiger partial charge >= 0.3 is 5.97 Å². The van der Waals surface area contributed by atoms with Crippen LogP contribution in [0.25, 0.3) is 0 Å². The first-order chi connectivity index (χ1) is 7.56. The van der Waals surface area contributed by atoms with E-state index in [-0.39, 0.29) is 11.1 Å². The number of nitrogens with zero attached hydrogens (tertiary/aromatic N) is 1. The van der Waals surface area contributed by atoms with E-state index in [1.807, 2.05) is 0 Å². The van der Waals surface area contributed by atoms with Crippen molar-refractivity contribution >= 4 is 18.2 Å². The van der Waals surface area contributed by atoms with Crippen LogP contribution in [0.15, 0.2) is 24.3 Å². The van der Waals surface area contributed by atoms with E-state index in [1.165, 1.54) is 26.1 Å². The van der Waals surface area contributed by atoms with Crippen molar-refractivity contribution in [1.29, 1.82) is 0 Å². The molecule has 0 heterocycles. The number of hydrogen-bond acceptors (Lipinski definition) is 4. The van der Waals surface area contributed by atoms with Gasteiger partial charge in [0.05, 0.1) is 5.56 Å². The van der Waals surface area contributed by atoms with Gasteiger partial charge in [0.2, 0.25) is 0 Å². The highest BCUT2D eigenvalue weighted by Crippen LogP contribution is 2.09. The highest BCUT2D eigenvalue weighted by Gasteiger charge is 2.17. The van der Waals surface area contributed by atoms with Crippen LogP contribution in [-0.4, -0.2) is 30.3 Å². The molecule has 16 heavy (non-hydrogen) atoms. The summed E-state index contributed by atoms with van der Waals surface area (Å²) in [7, 11) is 1.31. The summed E-state index contributed by atoms with van der Waals surface area (Å²) in [6, 6.07) is 6.28. The summed E-state index contributed by atoms with van der Waals surface area (Å²) in [6.45, 7) is 1.19. The van der Waals surface area contributed by atoms with Crippen molar-refractivity contribution in [2.24, 2.45) is 0 Å². The lowest BCUT2D eigenvalue weighted by atomic mass is 10.1. The minimum atomic E-state index is -0.598. The van der Waals surface area contributed by atoms with E-state index in [4.69, 9.17) is 0 Å². The number of amides is 1. The minimum absolute atomic E-state index is 0.196. The van der Waals surface area contributed by atoms with E-state index in [0.29, 0.717) is 6.29 Å². The van der Waals surface area contributed by atoms with E-state index in [0.717, 1.165) is 5.06 Å². The molecule has 5 nitrogen and oxygen atoms in total. The molecule has 0 aliphatic carbocycles. The van der Waals surface area contributed by atoms with Gasteiger partial charge in [0.1, 0.15) is 0 Å². The average Bonchev–Trinajstić information content (AvgIpc) is 2.27. The van der Waals surface area contributed by atoms with Gasteiger partial charge in [-0.3, -0.25) is 14.4 Å². The maximum absolute atomic E-state index is 11.7. The zero-order chi connectivity index (χ0) is 12.1. The number of carbonyl (C=O) groups is 3. The van der Waals surface area contributed by atoms with Crippen LogP contribution in [0.5, 0.6) is 0 Å². The average molecular weight is 221 g/mol. The van der Waals surface area contributed by atoms with Crippen LogP contribution in [0.1, 0.15) is 27.6 Å². The van der Waals surface area contributed by atoms with Crippen LogP contribution >= 0.6 is 0 Å². The van der Waals surface area contributed by atoms with Gasteiger partial charge in [0.15, 0.2) is 6.29 Å². The molecule has 0 fully saturated rings. The molecule has 5 heteroatoms. The van der Waals surface area contributed by atoms with Crippen molar-refractivity contribution in [3.8, 4) is 0 Å². The topological polar surface area (TPSA) is 63.7 Å². The molecule has 0 atom stereocenters. The van der Waals surface area contributed by atoms with Crippen LogP contribution in [0, 0.1) is 0 Å². The fourth-order valence-corrected chi connectivity index (χ4v) is 1.20. The molecular weight excluding hydrogens is 210 g/mol. The number of hydrogen-bond donors (Lipinski definition) is 0. The van der Waals surface area contributed by atoms with E-state index in [2.05, 4.69) is 4.84 Å². The van der Waals surface area contributed by atoms with Crippen LogP contribution in [-0.2, 0) is 9.63 Å². The predicted molar refractivity (Wildman–Crippen MR) is 55.7 cm³/mol. The van der Waals surface area contributed by atoms with Crippen molar-refractivity contribution in [3.05, 3.63) is 35.4 Å². The summed E-state index contributed by atoms with van der Waals surface area (Å²) < 4.78 is 0. The highest BCUT2D eigenvalue weighted by atomic mass is 16.7. The second-order valence-electron chi connectivity index (χ2n) is 3.09. The molecule has 1 amide bonds. The lowest BCUT2D eigenvalue weighted by Gasteiger charge is -2.15. The van der Waals surface area contributed by atoms with Crippen molar-refractivity contribution < 1.29 is 19.2 Å². The number of benzene rings is 1. The Morgan fingerprint density at radius 1 is 1.31 bits per heavy atom. The largest absolute Gasteiger partial charge is 0.338 e. The summed E-state index contributed by atoms with van der Waals surface area (Å²) in [5.74, 6) is -1.14. The molecule has 1 rings (SSSR count). The fraction of sp³-hybridized carbons (Fsp3) is 0.182. The normalized spacial score (nSPS) is 9.38. The van der Waals surface area contributed by atoms with E-state index < -0.39 is 11.9 Å². The number of rotatable bonds is 2. The summed E-state index contributed by atoms with van der Waals surface area (Å²) in [5, 5.41) is 0.796. The molecule has 1 aromatic rings. The number of hydroxylamine groups is 2. The second-order valence-corrected chi connectivity index (χ2v) is 3.09. The molecule has 0 aromatic heterocycles. The van der Waals surface area contributed by atoms with Gasteiger partial charge in [-0.25, -0.2) is 0 Å². The Morgan fingerprint density at radius 3 is 2.50 bits per heavy atom. The Bertz CT molecular complexity index is 428. The van der Waals surface area contributed by atoms with Crippen LogP contribution in [0.2, 0.25) is 0 Å². The van der Waals surface area contributed by atoms with Crippen LogP contribution in [0.3, 0.4) is 0 Å². The molecule has 0 unspecified atom stereocenters. The van der Waals surface area contributed by atoms with Crippen molar-refractivity contribution in [3.63, 3.8) is 0 Å².